The Bertz CT molecular complexity index is 3900. The molecule has 0 unspecified atom stereocenters. The van der Waals surface area contributed by atoms with E-state index >= 15 is 0 Å². The first-order valence-corrected chi connectivity index (χ1v) is 38.5. The van der Waals surface area contributed by atoms with Gasteiger partial charge < -0.3 is 14.7 Å². The van der Waals surface area contributed by atoms with Crippen LogP contribution in [-0.2, 0) is 0 Å². The Kier molecular flexibility index (Phi) is 21.9. The van der Waals surface area contributed by atoms with E-state index in [0.29, 0.717) is 0 Å². The van der Waals surface area contributed by atoms with Crippen LogP contribution in [0.2, 0.25) is 0 Å². The van der Waals surface area contributed by atoms with Gasteiger partial charge in [0.2, 0.25) is 0 Å². The highest BCUT2D eigenvalue weighted by atomic mass is 32.2. The summed E-state index contributed by atoms with van der Waals surface area (Å²) in [6.45, 7) is 9.91. The lowest BCUT2D eigenvalue weighted by atomic mass is 10.0. The molecular formula is C84H81N3S6. The van der Waals surface area contributed by atoms with Crippen molar-refractivity contribution in [3.63, 3.8) is 0 Å². The summed E-state index contributed by atoms with van der Waals surface area (Å²) in [5.74, 6) is 0. The Labute approximate surface area is 577 Å². The molecule has 10 aromatic rings. The molecule has 3 aliphatic heterocycles. The number of rotatable bonds is 27. The van der Waals surface area contributed by atoms with E-state index in [1.54, 1.807) is 34.0 Å². The lowest BCUT2D eigenvalue weighted by molar-refractivity contribution is 0.665. The molecule has 9 heteroatoms. The topological polar surface area (TPSA) is 9.72 Å². The number of benzene rings is 7. The molecule has 468 valence electrons. The van der Waals surface area contributed by atoms with Gasteiger partial charge in [0.05, 0.1) is 34.1 Å². The predicted octanol–water partition coefficient (Wildman–Crippen LogP) is 27.4. The number of unbranched alkanes of at least 4 members (excludes halogenated alkanes) is 9. The monoisotopic (exact) mass is 1320 g/mol. The standard InChI is InChI=1S/C84H81N3S6/c1-4-7-10-13-46-85-73-40-31-61(55-79(73)91-82-58-64(34-43-76(82)85)28-37-70-19-16-49-88-70)22-25-67-52-68(26-23-62-32-41-74-80(56-62)92-83-59-65(29-38-71-20-17-50-89-71)35-44-77(83)86(74)47-14-11-8-5-2)54-69(53-67)27-24-63-33-42-75-81(57-63)93-84-60-66(30-39-72-21-18-51-90-72)36-45-78(84)87(75)48-15-12-9-6-3/h16-45,49-60H,4-15,46-48H2,1-3H3/b25-22+,26-23+,27-24+,37-28+,38-29+,39-30+. The molecule has 0 saturated carbocycles. The maximum Gasteiger partial charge on any atom is 0.0553 e. The summed E-state index contributed by atoms with van der Waals surface area (Å²) in [5.41, 5.74) is 18.6. The Hall–Kier alpha value is -7.47. The smallest absolute Gasteiger partial charge is 0.0553 e. The van der Waals surface area contributed by atoms with Crippen molar-refractivity contribution in [1.82, 2.24) is 0 Å². The van der Waals surface area contributed by atoms with Gasteiger partial charge in [0.25, 0.3) is 0 Å². The summed E-state index contributed by atoms with van der Waals surface area (Å²) in [6, 6.07) is 62.1. The summed E-state index contributed by atoms with van der Waals surface area (Å²) in [4.78, 5) is 19.4. The number of hydrogen-bond donors (Lipinski definition) is 0. The van der Waals surface area contributed by atoms with Gasteiger partial charge in [0, 0.05) is 63.6 Å². The van der Waals surface area contributed by atoms with Gasteiger partial charge in [-0.15, -0.1) is 34.0 Å². The molecule has 93 heavy (non-hydrogen) atoms. The summed E-state index contributed by atoms with van der Waals surface area (Å²) in [5, 5.41) is 6.43. The Morgan fingerprint density at radius 2 is 0.484 bits per heavy atom. The first-order valence-electron chi connectivity index (χ1n) is 33.4. The Morgan fingerprint density at radius 1 is 0.247 bits per heavy atom. The molecule has 0 radical (unpaired) electrons. The quantitative estimate of drug-likeness (QED) is 0.0372. The van der Waals surface area contributed by atoms with E-state index in [1.807, 2.05) is 35.3 Å². The molecule has 3 aliphatic rings. The van der Waals surface area contributed by atoms with Crippen molar-refractivity contribution in [1.29, 1.82) is 0 Å². The van der Waals surface area contributed by atoms with Gasteiger partial charge in [-0.05, 0) is 213 Å². The largest absolute Gasteiger partial charge is 0.340 e. The third-order valence-corrected chi connectivity index (χ3v) is 23.2. The van der Waals surface area contributed by atoms with Crippen molar-refractivity contribution < 1.29 is 0 Å². The van der Waals surface area contributed by atoms with Crippen LogP contribution in [0.3, 0.4) is 0 Å². The first kappa shape index (κ1) is 64.2. The number of nitrogens with zero attached hydrogens (tertiary/aromatic N) is 3. The molecule has 3 aromatic heterocycles. The molecular weight excluding hydrogens is 1240 g/mol. The van der Waals surface area contributed by atoms with E-state index in [9.17, 15) is 0 Å². The fourth-order valence-corrected chi connectivity index (χ4v) is 17.9. The van der Waals surface area contributed by atoms with Crippen molar-refractivity contribution in [2.45, 2.75) is 127 Å². The van der Waals surface area contributed by atoms with Crippen LogP contribution in [0.5, 0.6) is 0 Å². The third-order valence-electron chi connectivity index (χ3n) is 17.4. The summed E-state index contributed by atoms with van der Waals surface area (Å²) < 4.78 is 0. The fourth-order valence-electron chi connectivity index (χ4n) is 12.5. The van der Waals surface area contributed by atoms with Crippen LogP contribution in [0.25, 0.3) is 72.9 Å². The molecule has 7 aromatic carbocycles. The summed E-state index contributed by atoms with van der Waals surface area (Å²) in [7, 11) is 0. The van der Waals surface area contributed by atoms with Gasteiger partial charge in [0.1, 0.15) is 0 Å². The normalized spacial score (nSPS) is 13.5. The predicted molar refractivity (Wildman–Crippen MR) is 417 cm³/mol. The van der Waals surface area contributed by atoms with Crippen LogP contribution in [0.1, 0.15) is 163 Å². The van der Waals surface area contributed by atoms with Crippen LogP contribution >= 0.6 is 69.3 Å². The van der Waals surface area contributed by atoms with E-state index in [0.717, 1.165) is 36.3 Å². The molecule has 0 spiro atoms. The van der Waals surface area contributed by atoms with Gasteiger partial charge in [-0.2, -0.15) is 0 Å². The van der Waals surface area contributed by atoms with Gasteiger partial charge in [-0.1, -0.05) is 223 Å². The number of thiophene rings is 3. The SMILES string of the molecule is CCCCCCN1c2ccc(/C=C/c3cc(/C=C/c4ccc5c(c4)Sc4cc(/C=C/c6cccs6)ccc4N5CCCCCC)cc(/C=C/c4ccc5c(c4)Sc4cc(/C=C/c6cccs6)ccc4N5CCCCCC)c3)cc2Sc2cc(/C=C/c3cccs3)ccc21. The van der Waals surface area contributed by atoms with Gasteiger partial charge in [-0.25, -0.2) is 0 Å². The highest BCUT2D eigenvalue weighted by molar-refractivity contribution is 8.00. The van der Waals surface area contributed by atoms with E-state index in [-0.39, 0.29) is 0 Å². The van der Waals surface area contributed by atoms with Crippen LogP contribution in [-0.4, -0.2) is 19.6 Å². The molecule has 0 fully saturated rings. The molecule has 0 bridgehead atoms. The van der Waals surface area contributed by atoms with Gasteiger partial charge in [-0.3, -0.25) is 0 Å². The van der Waals surface area contributed by atoms with Crippen LogP contribution < -0.4 is 14.7 Å². The molecule has 0 saturated heterocycles. The van der Waals surface area contributed by atoms with Crippen LogP contribution in [0.15, 0.2) is 209 Å². The molecule has 0 aliphatic carbocycles. The third kappa shape index (κ3) is 16.4. The van der Waals surface area contributed by atoms with Crippen LogP contribution in [0.4, 0.5) is 34.1 Å². The molecule has 0 atom stereocenters. The maximum atomic E-state index is 2.57. The van der Waals surface area contributed by atoms with Crippen molar-refractivity contribution in [3.05, 3.63) is 245 Å². The van der Waals surface area contributed by atoms with Crippen LogP contribution in [0, 0.1) is 0 Å². The minimum absolute atomic E-state index is 1.01. The second-order valence-corrected chi connectivity index (χ2v) is 30.5. The highest BCUT2D eigenvalue weighted by Crippen LogP contribution is 2.52. The zero-order valence-corrected chi connectivity index (χ0v) is 58.5. The van der Waals surface area contributed by atoms with Crippen molar-refractivity contribution in [2.24, 2.45) is 0 Å². The highest BCUT2D eigenvalue weighted by Gasteiger charge is 2.27. The number of hydrogen-bond acceptors (Lipinski definition) is 9. The lowest BCUT2D eigenvalue weighted by Crippen LogP contribution is -2.22. The van der Waals surface area contributed by atoms with E-state index in [4.69, 9.17) is 0 Å². The minimum Gasteiger partial charge on any atom is -0.340 e. The molecule has 6 heterocycles. The van der Waals surface area contributed by atoms with Crippen molar-refractivity contribution in [2.75, 3.05) is 34.3 Å². The van der Waals surface area contributed by atoms with Crippen molar-refractivity contribution in [3.8, 4) is 0 Å². The Balaban J connectivity index is 0.816. The maximum absolute atomic E-state index is 2.57. The van der Waals surface area contributed by atoms with Gasteiger partial charge in [0.15, 0.2) is 0 Å². The molecule has 13 rings (SSSR count). The zero-order chi connectivity index (χ0) is 63.1. The second kappa shape index (κ2) is 31.6. The van der Waals surface area contributed by atoms with E-state index in [1.165, 1.54) is 189 Å². The molecule has 3 nitrogen and oxygen atoms in total. The van der Waals surface area contributed by atoms with E-state index in [2.05, 4.69) is 288 Å². The lowest BCUT2D eigenvalue weighted by Gasteiger charge is -2.33. The Morgan fingerprint density at radius 3 is 0.710 bits per heavy atom. The minimum atomic E-state index is 1.01. The van der Waals surface area contributed by atoms with E-state index < -0.39 is 0 Å². The second-order valence-electron chi connectivity index (χ2n) is 24.3. The number of fused-ring (bicyclic) bond motifs is 6. The zero-order valence-electron chi connectivity index (χ0n) is 53.6. The first-order chi connectivity index (χ1) is 45.9. The molecule has 0 amide bonds. The number of anilines is 6. The molecule has 0 N–H and O–H groups in total. The average Bonchev–Trinajstić information content (AvgIpc) is 1.27. The fraction of sp³-hybridized carbons (Fsp3) is 0.214. The average molecular weight is 1320 g/mol. The summed E-state index contributed by atoms with van der Waals surface area (Å²) >= 11 is 11.0. The van der Waals surface area contributed by atoms with Crippen molar-refractivity contribution >= 4 is 176 Å². The summed E-state index contributed by atoms with van der Waals surface area (Å²) in [6.07, 6.45) is 42.0. The van der Waals surface area contributed by atoms with Gasteiger partial charge >= 0.3 is 0 Å².